The van der Waals surface area contributed by atoms with Crippen molar-refractivity contribution in [3.63, 3.8) is 0 Å². The number of benzene rings is 1. The van der Waals surface area contributed by atoms with Crippen molar-refractivity contribution in [1.29, 1.82) is 0 Å². The van der Waals surface area contributed by atoms with E-state index in [1.54, 1.807) is 18.3 Å². The van der Waals surface area contributed by atoms with E-state index in [1.165, 1.54) is 0 Å². The number of imidazole rings is 1. The fraction of sp³-hybridized carbons (Fsp3) is 0.111. The fourth-order valence-electron chi connectivity index (χ4n) is 2.61. The van der Waals surface area contributed by atoms with Crippen LogP contribution in [0.3, 0.4) is 0 Å². The molecule has 3 aromatic heterocycles. The Morgan fingerprint density at radius 3 is 2.67 bits per heavy atom. The highest BCUT2D eigenvalue weighted by Crippen LogP contribution is 2.18. The van der Waals surface area contributed by atoms with Crippen molar-refractivity contribution in [2.75, 3.05) is 5.32 Å². The molecule has 1 amide bonds. The lowest BCUT2D eigenvalue weighted by atomic mass is 10.1. The summed E-state index contributed by atoms with van der Waals surface area (Å²) in [5, 5.41) is 2.91. The maximum atomic E-state index is 12.6. The van der Waals surface area contributed by atoms with Crippen LogP contribution in [0, 0.1) is 13.8 Å². The predicted molar refractivity (Wildman–Crippen MR) is 92.2 cm³/mol. The standard InChI is InChI=1S/C18H15N5O/c1-11-12(2)21-16-10-13(5-6-14(16)20-11)18(24)22-15-4-3-8-23-9-7-19-17(15)23/h3-10H,1-2H3,(H,22,24). The quantitative estimate of drug-likeness (QED) is 0.616. The van der Waals surface area contributed by atoms with Crippen LogP contribution in [0.25, 0.3) is 16.7 Å². The summed E-state index contributed by atoms with van der Waals surface area (Å²) in [6, 6.07) is 9.03. The highest BCUT2D eigenvalue weighted by Gasteiger charge is 2.11. The number of anilines is 1. The predicted octanol–water partition coefficient (Wildman–Crippen LogP) is 3.15. The van der Waals surface area contributed by atoms with Crippen LogP contribution < -0.4 is 5.32 Å². The van der Waals surface area contributed by atoms with E-state index >= 15 is 0 Å². The molecule has 4 aromatic rings. The van der Waals surface area contributed by atoms with Crippen LogP contribution in [0.2, 0.25) is 0 Å². The zero-order chi connectivity index (χ0) is 16.7. The Hall–Kier alpha value is -3.28. The average Bonchev–Trinajstić information content (AvgIpc) is 3.05. The molecule has 0 saturated heterocycles. The molecule has 0 fully saturated rings. The van der Waals surface area contributed by atoms with E-state index in [0.29, 0.717) is 22.4 Å². The lowest BCUT2D eigenvalue weighted by molar-refractivity contribution is 0.102. The smallest absolute Gasteiger partial charge is 0.255 e. The number of carbonyl (C=O) groups excluding carboxylic acids is 1. The summed E-state index contributed by atoms with van der Waals surface area (Å²) in [5.41, 5.74) is 5.16. The van der Waals surface area contributed by atoms with Gasteiger partial charge in [-0.05, 0) is 44.2 Å². The number of nitrogens with zero attached hydrogens (tertiary/aromatic N) is 4. The van der Waals surface area contributed by atoms with Crippen molar-refractivity contribution in [2.45, 2.75) is 13.8 Å². The van der Waals surface area contributed by atoms with Crippen molar-refractivity contribution in [3.8, 4) is 0 Å². The number of aryl methyl sites for hydroxylation is 2. The van der Waals surface area contributed by atoms with E-state index in [2.05, 4.69) is 20.3 Å². The molecule has 0 aliphatic rings. The minimum Gasteiger partial charge on any atom is -0.319 e. The zero-order valence-electron chi connectivity index (χ0n) is 13.3. The molecule has 0 spiro atoms. The molecule has 1 aromatic carbocycles. The molecule has 24 heavy (non-hydrogen) atoms. The molecule has 4 rings (SSSR count). The lowest BCUT2D eigenvalue weighted by Gasteiger charge is -2.08. The maximum absolute atomic E-state index is 12.6. The number of nitrogens with one attached hydrogen (secondary N) is 1. The minimum atomic E-state index is -0.201. The normalized spacial score (nSPS) is 11.1. The molecule has 6 heteroatoms. The van der Waals surface area contributed by atoms with Crippen LogP contribution >= 0.6 is 0 Å². The van der Waals surface area contributed by atoms with E-state index in [0.717, 1.165) is 16.9 Å². The van der Waals surface area contributed by atoms with E-state index in [1.807, 2.05) is 48.8 Å². The summed E-state index contributed by atoms with van der Waals surface area (Å²) >= 11 is 0. The number of pyridine rings is 1. The SMILES string of the molecule is Cc1nc2ccc(C(=O)Nc3cccn4ccnc34)cc2nc1C. The second kappa shape index (κ2) is 5.42. The highest BCUT2D eigenvalue weighted by atomic mass is 16.1. The Kier molecular flexibility index (Phi) is 3.23. The molecule has 0 atom stereocenters. The molecule has 6 nitrogen and oxygen atoms in total. The number of amides is 1. The number of hydrogen-bond donors (Lipinski definition) is 1. The van der Waals surface area contributed by atoms with E-state index in [4.69, 9.17) is 0 Å². The molecule has 0 aliphatic heterocycles. The van der Waals surface area contributed by atoms with Crippen molar-refractivity contribution in [2.24, 2.45) is 0 Å². The Bertz CT molecular complexity index is 1080. The zero-order valence-corrected chi connectivity index (χ0v) is 13.3. The van der Waals surface area contributed by atoms with Gasteiger partial charge in [0.2, 0.25) is 0 Å². The number of aromatic nitrogens is 4. The third-order valence-electron chi connectivity index (χ3n) is 4.00. The van der Waals surface area contributed by atoms with E-state index < -0.39 is 0 Å². The van der Waals surface area contributed by atoms with Crippen LogP contribution in [0.4, 0.5) is 5.69 Å². The summed E-state index contributed by atoms with van der Waals surface area (Å²) in [5.74, 6) is -0.201. The first kappa shape index (κ1) is 14.3. The Balaban J connectivity index is 1.70. The third kappa shape index (κ3) is 2.38. The van der Waals surface area contributed by atoms with Gasteiger partial charge in [0.15, 0.2) is 5.65 Å². The largest absolute Gasteiger partial charge is 0.319 e. The summed E-state index contributed by atoms with van der Waals surface area (Å²) in [4.78, 5) is 25.8. The molecule has 0 unspecified atom stereocenters. The molecular formula is C18H15N5O. The van der Waals surface area contributed by atoms with Crippen molar-refractivity contribution < 1.29 is 4.79 Å². The monoisotopic (exact) mass is 317 g/mol. The van der Waals surface area contributed by atoms with Crippen LogP contribution in [0.1, 0.15) is 21.7 Å². The van der Waals surface area contributed by atoms with E-state index in [-0.39, 0.29) is 5.91 Å². The molecule has 0 aliphatic carbocycles. The first-order valence-electron chi connectivity index (χ1n) is 7.60. The molecule has 0 bridgehead atoms. The van der Waals surface area contributed by atoms with Gasteiger partial charge < -0.3 is 9.72 Å². The number of carbonyl (C=O) groups is 1. The van der Waals surface area contributed by atoms with Crippen molar-refractivity contribution in [1.82, 2.24) is 19.4 Å². The third-order valence-corrected chi connectivity index (χ3v) is 4.00. The molecule has 0 radical (unpaired) electrons. The van der Waals surface area contributed by atoms with Gasteiger partial charge in [-0.15, -0.1) is 0 Å². The topological polar surface area (TPSA) is 72.2 Å². The minimum absolute atomic E-state index is 0.201. The van der Waals surface area contributed by atoms with Gasteiger partial charge in [0, 0.05) is 24.2 Å². The fourth-order valence-corrected chi connectivity index (χ4v) is 2.61. The molecule has 3 heterocycles. The summed E-state index contributed by atoms with van der Waals surface area (Å²) in [7, 11) is 0. The number of rotatable bonds is 2. The lowest BCUT2D eigenvalue weighted by Crippen LogP contribution is -2.13. The Morgan fingerprint density at radius 1 is 1.04 bits per heavy atom. The summed E-state index contributed by atoms with van der Waals surface area (Å²) in [6.45, 7) is 3.83. The van der Waals surface area contributed by atoms with Crippen LogP contribution in [-0.2, 0) is 0 Å². The van der Waals surface area contributed by atoms with Gasteiger partial charge in [0.25, 0.3) is 5.91 Å². The highest BCUT2D eigenvalue weighted by molar-refractivity contribution is 6.07. The van der Waals surface area contributed by atoms with Crippen LogP contribution in [-0.4, -0.2) is 25.3 Å². The van der Waals surface area contributed by atoms with Gasteiger partial charge in [0.1, 0.15) is 0 Å². The van der Waals surface area contributed by atoms with Gasteiger partial charge in [-0.2, -0.15) is 0 Å². The summed E-state index contributed by atoms with van der Waals surface area (Å²) < 4.78 is 1.85. The van der Waals surface area contributed by atoms with Crippen LogP contribution in [0.5, 0.6) is 0 Å². The van der Waals surface area contributed by atoms with Crippen molar-refractivity contribution in [3.05, 3.63) is 65.9 Å². The number of hydrogen-bond acceptors (Lipinski definition) is 4. The Morgan fingerprint density at radius 2 is 1.83 bits per heavy atom. The average molecular weight is 317 g/mol. The van der Waals surface area contributed by atoms with Gasteiger partial charge in [-0.25, -0.2) is 15.0 Å². The molecular weight excluding hydrogens is 302 g/mol. The first-order valence-corrected chi connectivity index (χ1v) is 7.60. The molecule has 1 N–H and O–H groups in total. The van der Waals surface area contributed by atoms with Crippen LogP contribution in [0.15, 0.2) is 48.9 Å². The first-order chi connectivity index (χ1) is 11.6. The second-order valence-corrected chi connectivity index (χ2v) is 5.63. The maximum Gasteiger partial charge on any atom is 0.255 e. The summed E-state index contributed by atoms with van der Waals surface area (Å²) in [6.07, 6.45) is 5.41. The number of fused-ring (bicyclic) bond motifs is 2. The van der Waals surface area contributed by atoms with Gasteiger partial charge in [-0.1, -0.05) is 0 Å². The Labute approximate surface area is 138 Å². The van der Waals surface area contributed by atoms with Gasteiger partial charge in [0.05, 0.1) is 28.1 Å². The van der Waals surface area contributed by atoms with E-state index in [9.17, 15) is 4.79 Å². The van der Waals surface area contributed by atoms with Gasteiger partial charge >= 0.3 is 0 Å². The molecule has 118 valence electrons. The van der Waals surface area contributed by atoms with Crippen molar-refractivity contribution >= 4 is 28.3 Å². The second-order valence-electron chi connectivity index (χ2n) is 5.63. The van der Waals surface area contributed by atoms with Gasteiger partial charge in [-0.3, -0.25) is 4.79 Å². The molecule has 0 saturated carbocycles.